The molecule has 1 unspecified atom stereocenters. The van der Waals surface area contributed by atoms with Gasteiger partial charge in [-0.3, -0.25) is 9.97 Å². The zero-order valence-corrected chi connectivity index (χ0v) is 25.7. The molecule has 220 valence electrons. The average Bonchev–Trinajstić information content (AvgIpc) is 2.92. The molecule has 41 heavy (non-hydrogen) atoms. The average molecular weight is 560 g/mol. The molecule has 0 amide bonds. The number of aliphatic carboxylic acids is 1. The van der Waals surface area contributed by atoms with Gasteiger partial charge in [0.05, 0.1) is 29.8 Å². The monoisotopic (exact) mass is 559 g/mol. The molecule has 0 saturated carbocycles. The summed E-state index contributed by atoms with van der Waals surface area (Å²) in [7, 11) is 0. The van der Waals surface area contributed by atoms with Crippen molar-refractivity contribution in [3.05, 3.63) is 71.2 Å². The lowest BCUT2D eigenvalue weighted by atomic mass is 9.82. The Morgan fingerprint density at radius 3 is 2.24 bits per heavy atom. The minimum Gasteiger partial charge on any atom is -0.492 e. The Morgan fingerprint density at radius 1 is 1.02 bits per heavy atom. The van der Waals surface area contributed by atoms with Crippen molar-refractivity contribution in [2.45, 2.75) is 85.9 Å². The van der Waals surface area contributed by atoms with E-state index in [4.69, 9.17) is 14.5 Å². The molecule has 0 radical (unpaired) electrons. The molecule has 1 saturated heterocycles. The molecule has 0 bridgehead atoms. The van der Waals surface area contributed by atoms with Crippen LogP contribution in [0, 0.1) is 12.3 Å². The molecular formula is C34H45N3O4. The van der Waals surface area contributed by atoms with Crippen LogP contribution in [0.3, 0.4) is 0 Å². The zero-order chi connectivity index (χ0) is 29.8. The summed E-state index contributed by atoms with van der Waals surface area (Å²) in [6.07, 6.45) is 6.26. The van der Waals surface area contributed by atoms with Crippen molar-refractivity contribution in [1.29, 1.82) is 0 Å². The van der Waals surface area contributed by atoms with Crippen molar-refractivity contribution in [3.63, 3.8) is 0 Å². The highest BCUT2D eigenvalue weighted by molar-refractivity contribution is 5.85. The number of nitrogens with zero attached hydrogens (tertiary/aromatic N) is 3. The first-order chi connectivity index (χ1) is 19.4. The molecule has 7 nitrogen and oxygen atoms in total. The molecule has 0 aliphatic carbocycles. The lowest BCUT2D eigenvalue weighted by molar-refractivity contribution is -0.160. The van der Waals surface area contributed by atoms with Gasteiger partial charge >= 0.3 is 5.97 Å². The largest absolute Gasteiger partial charge is 0.492 e. The third-order valence-electron chi connectivity index (χ3n) is 7.78. The Morgan fingerprint density at radius 2 is 1.68 bits per heavy atom. The number of hydrogen-bond acceptors (Lipinski definition) is 6. The van der Waals surface area contributed by atoms with Crippen LogP contribution in [0.4, 0.5) is 5.69 Å². The highest BCUT2D eigenvalue weighted by Crippen LogP contribution is 2.43. The second-order valence-electron chi connectivity index (χ2n) is 12.8. The molecule has 3 heterocycles. The topological polar surface area (TPSA) is 84.8 Å². The molecule has 1 fully saturated rings. The van der Waals surface area contributed by atoms with Crippen molar-refractivity contribution in [2.75, 3.05) is 24.6 Å². The Labute approximate surface area is 244 Å². The number of rotatable bonds is 10. The lowest BCUT2D eigenvalue weighted by Gasteiger charge is -2.40. The van der Waals surface area contributed by atoms with Gasteiger partial charge in [-0.1, -0.05) is 45.0 Å². The third-order valence-corrected chi connectivity index (χ3v) is 7.78. The molecule has 1 atom stereocenters. The van der Waals surface area contributed by atoms with Crippen LogP contribution in [0.25, 0.3) is 11.3 Å². The van der Waals surface area contributed by atoms with Crippen LogP contribution in [0.5, 0.6) is 5.75 Å². The van der Waals surface area contributed by atoms with Crippen molar-refractivity contribution in [1.82, 2.24) is 9.97 Å². The second kappa shape index (κ2) is 12.6. The fourth-order valence-electron chi connectivity index (χ4n) is 5.23. The Hall–Kier alpha value is -3.45. The lowest BCUT2D eigenvalue weighted by Crippen LogP contribution is -2.39. The second-order valence-corrected chi connectivity index (χ2v) is 12.8. The van der Waals surface area contributed by atoms with E-state index >= 15 is 0 Å². The summed E-state index contributed by atoms with van der Waals surface area (Å²) in [6.45, 7) is 16.4. The van der Waals surface area contributed by atoms with Crippen LogP contribution in [0.15, 0.2) is 48.8 Å². The fraction of sp³-hybridized carbons (Fsp3) is 0.500. The van der Waals surface area contributed by atoms with E-state index in [1.165, 1.54) is 11.1 Å². The number of carbonyl (C=O) groups is 1. The third kappa shape index (κ3) is 7.85. The van der Waals surface area contributed by atoms with Crippen LogP contribution in [-0.2, 0) is 22.4 Å². The number of benzene rings is 1. The predicted octanol–water partition coefficient (Wildman–Crippen LogP) is 7.20. The SMILES string of the molecule is CCc1ccc(CCOc2ccc(-c3cnc(C)c(C(OC(C)(C)C)C(=O)O)c3N3CCC(C)(C)CC3)nc2)cc1. The highest BCUT2D eigenvalue weighted by Gasteiger charge is 2.36. The highest BCUT2D eigenvalue weighted by atomic mass is 16.5. The summed E-state index contributed by atoms with van der Waals surface area (Å²) in [5, 5.41) is 10.3. The molecule has 4 rings (SSSR count). The van der Waals surface area contributed by atoms with Crippen LogP contribution in [-0.4, -0.2) is 46.3 Å². The van der Waals surface area contributed by atoms with Gasteiger partial charge in [-0.25, -0.2) is 4.79 Å². The van der Waals surface area contributed by atoms with E-state index < -0.39 is 17.7 Å². The molecule has 1 aliphatic rings. The minimum absolute atomic E-state index is 0.238. The number of pyridine rings is 2. The molecule has 1 N–H and O–H groups in total. The maximum absolute atomic E-state index is 12.6. The number of ether oxygens (including phenoxy) is 2. The van der Waals surface area contributed by atoms with Gasteiger partial charge < -0.3 is 19.5 Å². The quantitative estimate of drug-likeness (QED) is 0.281. The van der Waals surface area contributed by atoms with Gasteiger partial charge in [-0.15, -0.1) is 0 Å². The summed E-state index contributed by atoms with van der Waals surface area (Å²) in [5.74, 6) is -0.332. The van der Waals surface area contributed by atoms with Crippen molar-refractivity contribution >= 4 is 11.7 Å². The number of piperidine rings is 1. The standard InChI is InChI=1S/C34H45N3O4/c1-8-24-9-11-25(12-10-24)15-20-40-26-13-14-28(36-21-26)27-22-35-23(2)29(31(32(38)39)41-33(3,4)5)30(27)37-18-16-34(6,7)17-19-37/h9-14,21-22,31H,8,15-20H2,1-7H3,(H,38,39). The van der Waals surface area contributed by atoms with Gasteiger partial charge in [0, 0.05) is 42.5 Å². The van der Waals surface area contributed by atoms with Gasteiger partial charge in [0.25, 0.3) is 0 Å². The number of aryl methyl sites for hydroxylation is 2. The van der Waals surface area contributed by atoms with E-state index in [9.17, 15) is 9.90 Å². The fourth-order valence-corrected chi connectivity index (χ4v) is 5.23. The van der Waals surface area contributed by atoms with E-state index in [0.717, 1.165) is 55.7 Å². The van der Waals surface area contributed by atoms with Crippen molar-refractivity contribution in [3.8, 4) is 17.0 Å². The predicted molar refractivity (Wildman–Crippen MR) is 164 cm³/mol. The van der Waals surface area contributed by atoms with E-state index in [1.54, 1.807) is 6.20 Å². The zero-order valence-electron chi connectivity index (χ0n) is 25.7. The summed E-state index contributed by atoms with van der Waals surface area (Å²) < 4.78 is 12.1. The van der Waals surface area contributed by atoms with Crippen LogP contribution < -0.4 is 9.64 Å². The number of aromatic nitrogens is 2. The van der Waals surface area contributed by atoms with Gasteiger partial charge in [0.15, 0.2) is 6.10 Å². The summed E-state index contributed by atoms with van der Waals surface area (Å²) in [5.41, 5.74) is 5.78. The molecule has 0 spiro atoms. The van der Waals surface area contributed by atoms with Crippen molar-refractivity contribution < 1.29 is 19.4 Å². The number of carboxylic acids is 1. The van der Waals surface area contributed by atoms with E-state index in [1.807, 2.05) is 46.0 Å². The normalized spacial score (nSPS) is 15.9. The smallest absolute Gasteiger partial charge is 0.337 e. The van der Waals surface area contributed by atoms with Gasteiger partial charge in [-0.2, -0.15) is 0 Å². The van der Waals surface area contributed by atoms with E-state index in [2.05, 4.69) is 54.9 Å². The number of carboxylic acid groups (broad SMARTS) is 1. The number of anilines is 1. The first kappa shape index (κ1) is 30.5. The summed E-state index contributed by atoms with van der Waals surface area (Å²) in [4.78, 5) is 24.3. The summed E-state index contributed by atoms with van der Waals surface area (Å²) >= 11 is 0. The first-order valence-corrected chi connectivity index (χ1v) is 14.7. The number of hydrogen-bond donors (Lipinski definition) is 1. The maximum Gasteiger partial charge on any atom is 0.337 e. The van der Waals surface area contributed by atoms with E-state index in [0.29, 0.717) is 23.6 Å². The molecule has 2 aromatic heterocycles. The Balaban J connectivity index is 1.64. The molecular weight excluding hydrogens is 514 g/mol. The summed E-state index contributed by atoms with van der Waals surface area (Å²) in [6, 6.07) is 12.5. The Bertz CT molecular complexity index is 1320. The van der Waals surface area contributed by atoms with Gasteiger partial charge in [-0.05, 0) is 75.6 Å². The molecule has 3 aromatic rings. The molecule has 7 heteroatoms. The first-order valence-electron chi connectivity index (χ1n) is 14.7. The van der Waals surface area contributed by atoms with Crippen LogP contribution in [0.2, 0.25) is 0 Å². The van der Waals surface area contributed by atoms with Gasteiger partial charge in [0.1, 0.15) is 5.75 Å². The molecule has 1 aliphatic heterocycles. The van der Waals surface area contributed by atoms with E-state index in [-0.39, 0.29) is 5.41 Å². The minimum atomic E-state index is -1.15. The van der Waals surface area contributed by atoms with Crippen LogP contribution in [0.1, 0.15) is 82.9 Å². The van der Waals surface area contributed by atoms with Crippen LogP contribution >= 0.6 is 0 Å². The van der Waals surface area contributed by atoms with Crippen molar-refractivity contribution in [2.24, 2.45) is 5.41 Å². The Kier molecular flexibility index (Phi) is 9.37. The molecule has 1 aromatic carbocycles. The van der Waals surface area contributed by atoms with Gasteiger partial charge in [0.2, 0.25) is 0 Å². The maximum atomic E-state index is 12.6.